The number of nitrogens with zero attached hydrogens (tertiary/aromatic N) is 1. The molecular weight excluding hydrogens is 146 g/mol. The Balaban J connectivity index is 2.50. The van der Waals surface area contributed by atoms with Gasteiger partial charge >= 0.3 is 0 Å². The first kappa shape index (κ1) is 10.0. The Labute approximate surface area is 77.1 Å². The van der Waals surface area contributed by atoms with Crippen molar-refractivity contribution in [1.82, 2.24) is 4.90 Å². The molecule has 1 heteroatoms. The van der Waals surface area contributed by atoms with Gasteiger partial charge in [-0.25, -0.2) is 0 Å². The van der Waals surface area contributed by atoms with Crippen molar-refractivity contribution in [3.05, 3.63) is 0 Å². The summed E-state index contributed by atoms with van der Waals surface area (Å²) in [5, 5.41) is 0. The summed E-state index contributed by atoms with van der Waals surface area (Å²) in [4.78, 5) is 2.54. The second-order valence-electron chi connectivity index (χ2n) is 4.99. The molecule has 0 aromatic rings. The minimum Gasteiger partial charge on any atom is -0.303 e. The fourth-order valence-corrected chi connectivity index (χ4v) is 2.33. The molecule has 12 heavy (non-hydrogen) atoms. The molecule has 0 aliphatic carbocycles. The molecule has 1 fully saturated rings. The molecule has 1 saturated heterocycles. The third-order valence-corrected chi connectivity index (χ3v) is 3.35. The smallest absolute Gasteiger partial charge is 0.0118 e. The quantitative estimate of drug-likeness (QED) is 0.614. The molecule has 0 bridgehead atoms. The van der Waals surface area contributed by atoms with Crippen LogP contribution in [0.1, 0.15) is 34.1 Å². The lowest BCUT2D eigenvalue weighted by molar-refractivity contribution is 0.249. The highest BCUT2D eigenvalue weighted by atomic mass is 15.2. The van der Waals surface area contributed by atoms with E-state index in [4.69, 9.17) is 0 Å². The zero-order valence-electron chi connectivity index (χ0n) is 9.17. The van der Waals surface area contributed by atoms with Gasteiger partial charge in [0.1, 0.15) is 0 Å². The molecule has 1 aliphatic rings. The summed E-state index contributed by atoms with van der Waals surface area (Å²) in [7, 11) is 2.27. The van der Waals surface area contributed by atoms with E-state index in [1.165, 1.54) is 13.0 Å². The number of hydrogen-bond acceptors (Lipinski definition) is 1. The maximum absolute atomic E-state index is 2.54. The van der Waals surface area contributed by atoms with Gasteiger partial charge in [-0.05, 0) is 31.2 Å². The highest BCUT2D eigenvalue weighted by Crippen LogP contribution is 2.31. The lowest BCUT2D eigenvalue weighted by Crippen LogP contribution is -2.29. The zero-order chi connectivity index (χ0) is 9.30. The maximum atomic E-state index is 2.54. The standard InChI is InChI=1S/C11H23N/c1-8(2)10-6-11(9(3)4)12(5)7-10/h8-11H,6-7H2,1-5H3/t10-,11?/m0/s1. The van der Waals surface area contributed by atoms with Gasteiger partial charge < -0.3 is 4.90 Å². The minimum absolute atomic E-state index is 0.818. The van der Waals surface area contributed by atoms with Crippen LogP contribution in [-0.4, -0.2) is 24.5 Å². The van der Waals surface area contributed by atoms with Crippen molar-refractivity contribution >= 4 is 0 Å². The van der Waals surface area contributed by atoms with E-state index < -0.39 is 0 Å². The fourth-order valence-electron chi connectivity index (χ4n) is 2.33. The molecule has 1 rings (SSSR count). The van der Waals surface area contributed by atoms with E-state index in [1.807, 2.05) is 0 Å². The Morgan fingerprint density at radius 2 is 1.67 bits per heavy atom. The Hall–Kier alpha value is -0.0400. The molecule has 0 saturated carbocycles. The van der Waals surface area contributed by atoms with E-state index in [9.17, 15) is 0 Å². The lowest BCUT2D eigenvalue weighted by atomic mass is 9.90. The summed E-state index contributed by atoms with van der Waals surface area (Å²) in [6.45, 7) is 10.7. The van der Waals surface area contributed by atoms with Gasteiger partial charge in [0, 0.05) is 12.6 Å². The molecule has 1 heterocycles. The Kier molecular flexibility index (Phi) is 3.16. The summed E-state index contributed by atoms with van der Waals surface area (Å²) in [6.07, 6.45) is 1.41. The van der Waals surface area contributed by atoms with E-state index >= 15 is 0 Å². The molecule has 0 aromatic carbocycles. The first-order valence-electron chi connectivity index (χ1n) is 5.22. The Morgan fingerprint density at radius 3 is 1.92 bits per heavy atom. The topological polar surface area (TPSA) is 3.24 Å². The van der Waals surface area contributed by atoms with Crippen LogP contribution in [0.25, 0.3) is 0 Å². The molecule has 0 amide bonds. The average Bonchev–Trinajstić information content (AvgIpc) is 2.30. The molecule has 1 nitrogen and oxygen atoms in total. The monoisotopic (exact) mass is 169 g/mol. The summed E-state index contributed by atoms with van der Waals surface area (Å²) < 4.78 is 0. The Bertz CT molecular complexity index is 140. The Morgan fingerprint density at radius 1 is 1.08 bits per heavy atom. The van der Waals surface area contributed by atoms with Crippen LogP contribution in [0.4, 0.5) is 0 Å². The molecule has 0 radical (unpaired) electrons. The van der Waals surface area contributed by atoms with Gasteiger partial charge in [0.2, 0.25) is 0 Å². The van der Waals surface area contributed by atoms with Gasteiger partial charge in [-0.2, -0.15) is 0 Å². The molecule has 1 unspecified atom stereocenters. The maximum Gasteiger partial charge on any atom is 0.0118 e. The van der Waals surface area contributed by atoms with Crippen LogP contribution in [0.3, 0.4) is 0 Å². The van der Waals surface area contributed by atoms with E-state index in [-0.39, 0.29) is 0 Å². The second kappa shape index (κ2) is 3.78. The minimum atomic E-state index is 0.818. The van der Waals surface area contributed by atoms with Gasteiger partial charge in [0.05, 0.1) is 0 Å². The molecular formula is C11H23N. The normalized spacial score (nSPS) is 32.2. The summed E-state index contributed by atoms with van der Waals surface area (Å²) in [5.41, 5.74) is 0. The number of rotatable bonds is 2. The van der Waals surface area contributed by atoms with E-state index in [0.717, 1.165) is 23.8 Å². The highest BCUT2D eigenvalue weighted by molar-refractivity contribution is 4.86. The summed E-state index contributed by atoms with van der Waals surface area (Å²) in [6, 6.07) is 0.831. The van der Waals surface area contributed by atoms with Crippen LogP contribution < -0.4 is 0 Å². The second-order valence-corrected chi connectivity index (χ2v) is 4.99. The fraction of sp³-hybridized carbons (Fsp3) is 1.00. The number of likely N-dealkylation sites (tertiary alicyclic amines) is 1. The van der Waals surface area contributed by atoms with Crippen LogP contribution in [0.15, 0.2) is 0 Å². The molecule has 2 atom stereocenters. The van der Waals surface area contributed by atoms with Crippen molar-refractivity contribution in [3.8, 4) is 0 Å². The largest absolute Gasteiger partial charge is 0.303 e. The van der Waals surface area contributed by atoms with Gasteiger partial charge in [0.15, 0.2) is 0 Å². The summed E-state index contributed by atoms with van der Waals surface area (Å²) >= 11 is 0. The highest BCUT2D eigenvalue weighted by Gasteiger charge is 2.32. The summed E-state index contributed by atoms with van der Waals surface area (Å²) in [5.74, 6) is 2.61. The van der Waals surface area contributed by atoms with Crippen molar-refractivity contribution < 1.29 is 0 Å². The van der Waals surface area contributed by atoms with Crippen molar-refractivity contribution in [1.29, 1.82) is 0 Å². The van der Waals surface area contributed by atoms with Crippen LogP contribution in [0.2, 0.25) is 0 Å². The predicted molar refractivity (Wildman–Crippen MR) is 54.2 cm³/mol. The first-order chi connectivity index (χ1) is 5.52. The molecule has 0 N–H and O–H groups in total. The van der Waals surface area contributed by atoms with E-state index in [2.05, 4.69) is 39.6 Å². The molecule has 0 aromatic heterocycles. The van der Waals surface area contributed by atoms with Crippen molar-refractivity contribution in [2.75, 3.05) is 13.6 Å². The number of hydrogen-bond donors (Lipinski definition) is 0. The lowest BCUT2D eigenvalue weighted by Gasteiger charge is -2.22. The van der Waals surface area contributed by atoms with Gasteiger partial charge in [-0.3, -0.25) is 0 Å². The van der Waals surface area contributed by atoms with Crippen molar-refractivity contribution in [3.63, 3.8) is 0 Å². The SMILES string of the molecule is CC(C)C1C[C@H](C(C)C)CN1C. The third-order valence-electron chi connectivity index (χ3n) is 3.35. The zero-order valence-corrected chi connectivity index (χ0v) is 9.17. The van der Waals surface area contributed by atoms with E-state index in [1.54, 1.807) is 0 Å². The van der Waals surface area contributed by atoms with Gasteiger partial charge in [-0.15, -0.1) is 0 Å². The molecule has 72 valence electrons. The van der Waals surface area contributed by atoms with Crippen molar-refractivity contribution in [2.45, 2.75) is 40.2 Å². The average molecular weight is 169 g/mol. The van der Waals surface area contributed by atoms with Crippen LogP contribution in [0, 0.1) is 17.8 Å². The predicted octanol–water partition coefficient (Wildman–Crippen LogP) is 2.62. The molecule has 1 aliphatic heterocycles. The molecule has 0 spiro atoms. The van der Waals surface area contributed by atoms with Gasteiger partial charge in [0.25, 0.3) is 0 Å². The third kappa shape index (κ3) is 2.01. The van der Waals surface area contributed by atoms with Gasteiger partial charge in [-0.1, -0.05) is 27.7 Å². The van der Waals surface area contributed by atoms with Crippen LogP contribution >= 0.6 is 0 Å². The van der Waals surface area contributed by atoms with Crippen LogP contribution in [-0.2, 0) is 0 Å². The van der Waals surface area contributed by atoms with Crippen LogP contribution in [0.5, 0.6) is 0 Å². The van der Waals surface area contributed by atoms with Crippen molar-refractivity contribution in [2.24, 2.45) is 17.8 Å². The van der Waals surface area contributed by atoms with E-state index in [0.29, 0.717) is 0 Å². The first-order valence-corrected chi connectivity index (χ1v) is 5.22.